The molecule has 0 unspecified atom stereocenters. The van der Waals surface area contributed by atoms with Gasteiger partial charge in [-0.25, -0.2) is 9.37 Å². The summed E-state index contributed by atoms with van der Waals surface area (Å²) >= 11 is 0. The van der Waals surface area contributed by atoms with E-state index in [0.717, 1.165) is 19.5 Å². The molecule has 104 valence electrons. The minimum atomic E-state index is -0.407. The summed E-state index contributed by atoms with van der Waals surface area (Å²) in [7, 11) is 0. The van der Waals surface area contributed by atoms with Gasteiger partial charge in [-0.2, -0.15) is 0 Å². The summed E-state index contributed by atoms with van der Waals surface area (Å²) in [6.07, 6.45) is 4.40. The van der Waals surface area contributed by atoms with Crippen molar-refractivity contribution in [2.45, 2.75) is 33.8 Å². The Morgan fingerprint density at radius 1 is 1.42 bits per heavy atom. The van der Waals surface area contributed by atoms with E-state index in [1.165, 1.54) is 17.8 Å². The number of anilines is 1. The van der Waals surface area contributed by atoms with Crippen LogP contribution in [0.1, 0.15) is 32.8 Å². The van der Waals surface area contributed by atoms with Gasteiger partial charge >= 0.3 is 0 Å². The van der Waals surface area contributed by atoms with E-state index in [0.29, 0.717) is 11.4 Å². The molecule has 1 N–H and O–H groups in total. The van der Waals surface area contributed by atoms with Gasteiger partial charge in [0.15, 0.2) is 0 Å². The van der Waals surface area contributed by atoms with Gasteiger partial charge in [-0.1, -0.05) is 32.4 Å². The molecule has 0 spiro atoms. The Hall–Kier alpha value is -1.42. The van der Waals surface area contributed by atoms with Crippen molar-refractivity contribution in [2.75, 3.05) is 18.0 Å². The van der Waals surface area contributed by atoms with Crippen LogP contribution in [0.25, 0.3) is 0 Å². The van der Waals surface area contributed by atoms with Gasteiger partial charge in [0.05, 0.1) is 12.8 Å². The number of hydrogen-bond acceptors (Lipinski definition) is 3. The van der Waals surface area contributed by atoms with Crippen LogP contribution in [0, 0.1) is 11.2 Å². The Balaban J connectivity index is 2.20. The molecule has 1 aromatic heterocycles. The standard InChI is InChI=1S/C15H21FN2O/c1-15(2,3)12-4-6-18(7-5-12)14-11(10-19)8-13(16)9-17-14/h4,8-9,19H,5-7,10H2,1-3H3. The van der Waals surface area contributed by atoms with E-state index >= 15 is 0 Å². The van der Waals surface area contributed by atoms with Crippen molar-refractivity contribution in [2.24, 2.45) is 5.41 Å². The van der Waals surface area contributed by atoms with E-state index in [9.17, 15) is 9.50 Å². The van der Waals surface area contributed by atoms with Gasteiger partial charge in [-0.05, 0) is 17.9 Å². The van der Waals surface area contributed by atoms with Crippen molar-refractivity contribution in [1.29, 1.82) is 0 Å². The first-order valence-corrected chi connectivity index (χ1v) is 6.61. The van der Waals surface area contributed by atoms with Crippen LogP contribution in [0.5, 0.6) is 0 Å². The lowest BCUT2D eigenvalue weighted by atomic mass is 9.83. The summed E-state index contributed by atoms with van der Waals surface area (Å²) in [6.45, 7) is 8.07. The summed E-state index contributed by atoms with van der Waals surface area (Å²) in [5.74, 6) is 0.281. The highest BCUT2D eigenvalue weighted by Gasteiger charge is 2.23. The van der Waals surface area contributed by atoms with Crippen LogP contribution in [0.3, 0.4) is 0 Å². The zero-order chi connectivity index (χ0) is 14.0. The van der Waals surface area contributed by atoms with Crippen LogP contribution >= 0.6 is 0 Å². The highest BCUT2D eigenvalue weighted by molar-refractivity contribution is 5.48. The fourth-order valence-corrected chi connectivity index (χ4v) is 2.42. The van der Waals surface area contributed by atoms with E-state index in [1.807, 2.05) is 0 Å². The third kappa shape index (κ3) is 3.13. The summed E-state index contributed by atoms with van der Waals surface area (Å²) in [4.78, 5) is 6.21. The molecule has 0 atom stereocenters. The maximum Gasteiger partial charge on any atom is 0.142 e. The maximum atomic E-state index is 13.1. The Morgan fingerprint density at radius 3 is 2.68 bits per heavy atom. The molecule has 0 fully saturated rings. The van der Waals surface area contributed by atoms with Gasteiger partial charge in [0.25, 0.3) is 0 Å². The number of halogens is 1. The lowest BCUT2D eigenvalue weighted by Crippen LogP contribution is -2.32. The van der Waals surface area contributed by atoms with Gasteiger partial charge in [0, 0.05) is 18.7 Å². The van der Waals surface area contributed by atoms with Crippen LogP contribution < -0.4 is 4.90 Å². The molecule has 0 amide bonds. The molecule has 0 radical (unpaired) electrons. The number of pyridine rings is 1. The molecular formula is C15H21FN2O. The zero-order valence-electron chi connectivity index (χ0n) is 11.8. The second-order valence-electron chi connectivity index (χ2n) is 5.97. The second-order valence-corrected chi connectivity index (χ2v) is 5.97. The molecule has 2 heterocycles. The molecule has 4 heteroatoms. The van der Waals surface area contributed by atoms with Gasteiger partial charge < -0.3 is 10.0 Å². The van der Waals surface area contributed by atoms with E-state index in [1.54, 1.807) is 0 Å². The number of aromatic nitrogens is 1. The lowest BCUT2D eigenvalue weighted by molar-refractivity contribution is 0.281. The predicted molar refractivity (Wildman–Crippen MR) is 74.5 cm³/mol. The zero-order valence-corrected chi connectivity index (χ0v) is 11.8. The Bertz CT molecular complexity index is 491. The molecule has 0 aliphatic carbocycles. The first-order chi connectivity index (χ1) is 8.91. The molecule has 3 nitrogen and oxygen atoms in total. The van der Waals surface area contributed by atoms with E-state index in [-0.39, 0.29) is 12.0 Å². The molecule has 0 bridgehead atoms. The summed E-state index contributed by atoms with van der Waals surface area (Å²) in [6, 6.07) is 1.35. The average Bonchev–Trinajstić information content (AvgIpc) is 2.37. The van der Waals surface area contributed by atoms with E-state index in [4.69, 9.17) is 0 Å². The summed E-state index contributed by atoms with van der Waals surface area (Å²) in [5.41, 5.74) is 2.19. The highest BCUT2D eigenvalue weighted by Crippen LogP contribution is 2.31. The van der Waals surface area contributed by atoms with Gasteiger partial charge in [-0.3, -0.25) is 0 Å². The minimum Gasteiger partial charge on any atom is -0.392 e. The average molecular weight is 264 g/mol. The fraction of sp³-hybridized carbons (Fsp3) is 0.533. The normalized spacial score (nSPS) is 16.5. The first-order valence-electron chi connectivity index (χ1n) is 6.61. The second kappa shape index (κ2) is 5.29. The monoisotopic (exact) mass is 264 g/mol. The number of aliphatic hydroxyl groups is 1. The van der Waals surface area contributed by atoms with Crippen LogP contribution in [0.4, 0.5) is 10.2 Å². The molecule has 1 aliphatic heterocycles. The van der Waals surface area contributed by atoms with Gasteiger partial charge in [-0.15, -0.1) is 0 Å². The molecule has 2 rings (SSSR count). The number of aliphatic hydroxyl groups excluding tert-OH is 1. The van der Waals surface area contributed by atoms with Crippen molar-refractivity contribution < 1.29 is 9.50 Å². The summed E-state index contributed by atoms with van der Waals surface area (Å²) in [5, 5.41) is 9.31. The highest BCUT2D eigenvalue weighted by atomic mass is 19.1. The van der Waals surface area contributed by atoms with Crippen LogP contribution in [0.15, 0.2) is 23.9 Å². The van der Waals surface area contributed by atoms with E-state index in [2.05, 4.69) is 36.7 Å². The Morgan fingerprint density at radius 2 is 2.16 bits per heavy atom. The van der Waals surface area contributed by atoms with Crippen molar-refractivity contribution in [3.63, 3.8) is 0 Å². The molecule has 1 aliphatic rings. The number of hydrogen-bond donors (Lipinski definition) is 1. The van der Waals surface area contributed by atoms with Crippen molar-refractivity contribution in [3.05, 3.63) is 35.3 Å². The topological polar surface area (TPSA) is 36.4 Å². The van der Waals surface area contributed by atoms with Crippen molar-refractivity contribution >= 4 is 5.82 Å². The van der Waals surface area contributed by atoms with Crippen LogP contribution in [-0.2, 0) is 6.61 Å². The quantitative estimate of drug-likeness (QED) is 0.834. The number of nitrogens with zero attached hydrogens (tertiary/aromatic N) is 2. The fourth-order valence-electron chi connectivity index (χ4n) is 2.42. The number of rotatable bonds is 2. The SMILES string of the molecule is CC(C)(C)C1=CCN(c2ncc(F)cc2CO)CC1. The largest absolute Gasteiger partial charge is 0.392 e. The molecule has 0 aromatic carbocycles. The lowest BCUT2D eigenvalue weighted by Gasteiger charge is -2.33. The van der Waals surface area contributed by atoms with Gasteiger partial charge in [0.1, 0.15) is 11.6 Å². The third-order valence-corrected chi connectivity index (χ3v) is 3.55. The van der Waals surface area contributed by atoms with Crippen molar-refractivity contribution in [1.82, 2.24) is 4.98 Å². The van der Waals surface area contributed by atoms with E-state index < -0.39 is 5.82 Å². The van der Waals surface area contributed by atoms with Crippen LogP contribution in [0.2, 0.25) is 0 Å². The minimum absolute atomic E-state index is 0.188. The predicted octanol–water partition coefficient (Wildman–Crippen LogP) is 2.90. The smallest absolute Gasteiger partial charge is 0.142 e. The first kappa shape index (κ1) is 14.0. The van der Waals surface area contributed by atoms with Gasteiger partial charge in [0.2, 0.25) is 0 Å². The third-order valence-electron chi connectivity index (χ3n) is 3.55. The van der Waals surface area contributed by atoms with Crippen molar-refractivity contribution in [3.8, 4) is 0 Å². The molecular weight excluding hydrogens is 243 g/mol. The Labute approximate surface area is 113 Å². The molecule has 19 heavy (non-hydrogen) atoms. The Kier molecular flexibility index (Phi) is 3.90. The molecule has 1 aromatic rings. The van der Waals surface area contributed by atoms with Crippen LogP contribution in [-0.4, -0.2) is 23.2 Å². The summed E-state index contributed by atoms with van der Waals surface area (Å²) < 4.78 is 13.1. The maximum absolute atomic E-state index is 13.1. The molecule has 0 saturated carbocycles. The molecule has 0 saturated heterocycles.